The zero-order valence-electron chi connectivity index (χ0n) is 16.0. The predicted molar refractivity (Wildman–Crippen MR) is 119 cm³/mol. The number of Topliss-reactive ketones (excluding diaryl/α,β-unsaturated/α-hetero) is 1. The number of rotatable bonds is 5. The number of piperazine rings is 1. The maximum Gasteiger partial charge on any atom is 0.169 e. The zero-order valence-corrected chi connectivity index (χ0v) is 17.6. The number of pyridine rings is 2. The lowest BCUT2D eigenvalue weighted by atomic mass is 10.0. The largest absolute Gasteiger partial charge is 0.354 e. The van der Waals surface area contributed by atoms with E-state index in [1.807, 2.05) is 36.5 Å². The maximum atomic E-state index is 12.9. The molecule has 1 saturated carbocycles. The van der Waals surface area contributed by atoms with Crippen LogP contribution in [-0.2, 0) is 0 Å². The first-order valence-electron chi connectivity index (χ1n) is 10.0. The summed E-state index contributed by atoms with van der Waals surface area (Å²) in [6.45, 7) is 3.88. The summed E-state index contributed by atoms with van der Waals surface area (Å²) in [6.07, 6.45) is 5.49. The number of carbonyl (C=O) groups excluding carboxylic acids is 1. The molecule has 0 unspecified atom stereocenters. The molecule has 1 aromatic carbocycles. The number of ketones is 1. The fourth-order valence-corrected chi connectivity index (χ4v) is 4.10. The van der Waals surface area contributed by atoms with Gasteiger partial charge in [0.1, 0.15) is 5.82 Å². The first kappa shape index (κ1) is 18.5. The van der Waals surface area contributed by atoms with Crippen LogP contribution in [0, 0.1) is 5.92 Å². The smallest absolute Gasteiger partial charge is 0.169 e. The Labute approximate surface area is 177 Å². The standard InChI is InChI=1S/C22H22BrN5O/c23-15-3-5-19-17(11-15)21(18(13-25-19)22(29)14-1-2-14)27-16-4-6-20(26-12-16)28-9-7-24-8-10-28/h3-6,11-14,24H,1-2,7-10H2,(H,25,27). The monoisotopic (exact) mass is 451 g/mol. The third-order valence-electron chi connectivity index (χ3n) is 5.50. The number of hydrogen-bond acceptors (Lipinski definition) is 6. The van der Waals surface area contributed by atoms with Crippen LogP contribution in [0.3, 0.4) is 0 Å². The Morgan fingerprint density at radius 1 is 1.10 bits per heavy atom. The molecule has 2 aliphatic rings. The summed E-state index contributed by atoms with van der Waals surface area (Å²) in [4.78, 5) is 24.3. The number of carbonyl (C=O) groups is 1. The van der Waals surface area contributed by atoms with Gasteiger partial charge >= 0.3 is 0 Å². The van der Waals surface area contributed by atoms with Crippen molar-refractivity contribution in [3.8, 4) is 0 Å². The molecule has 0 radical (unpaired) electrons. The highest BCUT2D eigenvalue weighted by Gasteiger charge is 2.32. The molecule has 7 heteroatoms. The Hall–Kier alpha value is -2.51. The van der Waals surface area contributed by atoms with Crippen molar-refractivity contribution < 1.29 is 4.79 Å². The van der Waals surface area contributed by atoms with Gasteiger partial charge in [0, 0.05) is 48.2 Å². The van der Waals surface area contributed by atoms with Gasteiger partial charge in [0.2, 0.25) is 0 Å². The highest BCUT2D eigenvalue weighted by molar-refractivity contribution is 9.10. The maximum absolute atomic E-state index is 12.9. The Bertz CT molecular complexity index is 1060. The van der Waals surface area contributed by atoms with Gasteiger partial charge in [-0.3, -0.25) is 9.78 Å². The summed E-state index contributed by atoms with van der Waals surface area (Å²) in [5.74, 6) is 1.29. The Balaban J connectivity index is 1.50. The topological polar surface area (TPSA) is 70.2 Å². The van der Waals surface area contributed by atoms with E-state index in [1.54, 1.807) is 6.20 Å². The minimum absolute atomic E-state index is 0.134. The Morgan fingerprint density at radius 3 is 2.66 bits per heavy atom. The molecule has 0 atom stereocenters. The van der Waals surface area contributed by atoms with Crippen molar-refractivity contribution in [3.05, 3.63) is 52.8 Å². The molecule has 0 spiro atoms. The third kappa shape index (κ3) is 3.84. The molecule has 0 bridgehead atoms. The lowest BCUT2D eigenvalue weighted by Crippen LogP contribution is -2.43. The van der Waals surface area contributed by atoms with Gasteiger partial charge in [-0.25, -0.2) is 4.98 Å². The van der Waals surface area contributed by atoms with Crippen molar-refractivity contribution in [2.75, 3.05) is 36.4 Å². The van der Waals surface area contributed by atoms with Crippen LogP contribution in [0.2, 0.25) is 0 Å². The van der Waals surface area contributed by atoms with E-state index >= 15 is 0 Å². The summed E-state index contributed by atoms with van der Waals surface area (Å²) in [7, 11) is 0. The molecule has 29 heavy (non-hydrogen) atoms. The average Bonchev–Trinajstić information content (AvgIpc) is 3.60. The zero-order chi connectivity index (χ0) is 19.8. The molecule has 6 nitrogen and oxygen atoms in total. The number of aromatic nitrogens is 2. The van der Waals surface area contributed by atoms with Crippen molar-refractivity contribution in [2.45, 2.75) is 12.8 Å². The summed E-state index contributed by atoms with van der Waals surface area (Å²) >= 11 is 3.55. The van der Waals surface area contributed by atoms with E-state index < -0.39 is 0 Å². The number of nitrogens with one attached hydrogen (secondary N) is 2. The van der Waals surface area contributed by atoms with Gasteiger partial charge in [0.05, 0.1) is 28.7 Å². The molecule has 2 fully saturated rings. The Morgan fingerprint density at radius 2 is 1.93 bits per heavy atom. The first-order valence-corrected chi connectivity index (χ1v) is 10.8. The van der Waals surface area contributed by atoms with Crippen molar-refractivity contribution in [1.29, 1.82) is 0 Å². The van der Waals surface area contributed by atoms with Gasteiger partial charge in [-0.15, -0.1) is 0 Å². The number of halogens is 1. The van der Waals surface area contributed by atoms with E-state index in [-0.39, 0.29) is 11.7 Å². The van der Waals surface area contributed by atoms with Crippen molar-refractivity contribution in [3.63, 3.8) is 0 Å². The quantitative estimate of drug-likeness (QED) is 0.568. The summed E-state index contributed by atoms with van der Waals surface area (Å²) in [5, 5.41) is 7.75. The number of nitrogens with zero attached hydrogens (tertiary/aromatic N) is 3. The van der Waals surface area contributed by atoms with Crippen LogP contribution in [0.25, 0.3) is 10.9 Å². The lowest BCUT2D eigenvalue weighted by molar-refractivity contribution is 0.0968. The van der Waals surface area contributed by atoms with E-state index in [4.69, 9.17) is 0 Å². The van der Waals surface area contributed by atoms with Gasteiger partial charge in [0.15, 0.2) is 5.78 Å². The second-order valence-electron chi connectivity index (χ2n) is 7.61. The van der Waals surface area contributed by atoms with E-state index in [9.17, 15) is 4.79 Å². The molecule has 1 saturated heterocycles. The summed E-state index contributed by atoms with van der Waals surface area (Å²) < 4.78 is 0.957. The number of benzene rings is 1. The third-order valence-corrected chi connectivity index (χ3v) is 6.00. The molecular weight excluding hydrogens is 430 g/mol. The van der Waals surface area contributed by atoms with Crippen LogP contribution in [0.15, 0.2) is 47.2 Å². The second kappa shape index (κ2) is 7.72. The van der Waals surface area contributed by atoms with Gasteiger partial charge in [0.25, 0.3) is 0 Å². The molecule has 0 amide bonds. The van der Waals surface area contributed by atoms with E-state index in [2.05, 4.69) is 41.4 Å². The first-order chi connectivity index (χ1) is 14.2. The van der Waals surface area contributed by atoms with E-state index in [0.29, 0.717) is 5.56 Å². The summed E-state index contributed by atoms with van der Waals surface area (Å²) in [6, 6.07) is 10.00. The highest BCUT2D eigenvalue weighted by Crippen LogP contribution is 2.38. The van der Waals surface area contributed by atoms with Crippen LogP contribution in [0.1, 0.15) is 23.2 Å². The van der Waals surface area contributed by atoms with Crippen molar-refractivity contribution in [1.82, 2.24) is 15.3 Å². The minimum atomic E-state index is 0.134. The van der Waals surface area contributed by atoms with Gasteiger partial charge in [-0.1, -0.05) is 15.9 Å². The van der Waals surface area contributed by atoms with Crippen LogP contribution in [-0.4, -0.2) is 41.9 Å². The fourth-order valence-electron chi connectivity index (χ4n) is 3.74. The molecule has 148 valence electrons. The van der Waals surface area contributed by atoms with E-state index in [0.717, 1.165) is 71.6 Å². The van der Waals surface area contributed by atoms with Crippen LogP contribution in [0.5, 0.6) is 0 Å². The predicted octanol–water partition coefficient (Wildman–Crippen LogP) is 4.14. The summed E-state index contributed by atoms with van der Waals surface area (Å²) in [5.41, 5.74) is 3.18. The lowest BCUT2D eigenvalue weighted by Gasteiger charge is -2.28. The van der Waals surface area contributed by atoms with Crippen LogP contribution >= 0.6 is 15.9 Å². The molecule has 3 aromatic rings. The molecular formula is C22H22BrN5O. The fraction of sp³-hybridized carbons (Fsp3) is 0.318. The van der Waals surface area contributed by atoms with Crippen molar-refractivity contribution in [2.24, 2.45) is 5.92 Å². The minimum Gasteiger partial charge on any atom is -0.354 e. The van der Waals surface area contributed by atoms with Crippen LogP contribution in [0.4, 0.5) is 17.2 Å². The van der Waals surface area contributed by atoms with Gasteiger partial charge in [-0.2, -0.15) is 0 Å². The second-order valence-corrected chi connectivity index (χ2v) is 8.53. The van der Waals surface area contributed by atoms with Crippen molar-refractivity contribution >= 4 is 49.8 Å². The number of fused-ring (bicyclic) bond motifs is 1. The molecule has 3 heterocycles. The molecule has 1 aliphatic carbocycles. The average molecular weight is 452 g/mol. The molecule has 2 N–H and O–H groups in total. The number of hydrogen-bond donors (Lipinski definition) is 2. The van der Waals surface area contributed by atoms with Gasteiger partial charge < -0.3 is 15.5 Å². The SMILES string of the molecule is O=C(c1cnc2ccc(Br)cc2c1Nc1ccc(N2CCNCC2)nc1)C1CC1. The molecule has 2 aromatic heterocycles. The molecule has 1 aliphatic heterocycles. The number of anilines is 3. The Kier molecular flexibility index (Phi) is 4.93. The highest BCUT2D eigenvalue weighted by atomic mass is 79.9. The van der Waals surface area contributed by atoms with E-state index in [1.165, 1.54) is 0 Å². The van der Waals surface area contributed by atoms with Gasteiger partial charge in [-0.05, 0) is 43.2 Å². The van der Waals surface area contributed by atoms with Crippen LogP contribution < -0.4 is 15.5 Å². The normalized spacial score (nSPS) is 16.8. The molecule has 5 rings (SSSR count).